The third-order valence-electron chi connectivity index (χ3n) is 4.75. The summed E-state index contributed by atoms with van der Waals surface area (Å²) in [6, 6.07) is 11.8. The van der Waals surface area contributed by atoms with Crippen molar-refractivity contribution in [2.24, 2.45) is 0 Å². The molecule has 1 fully saturated rings. The second-order valence-electron chi connectivity index (χ2n) is 6.79. The summed E-state index contributed by atoms with van der Waals surface area (Å²) in [7, 11) is 0. The van der Waals surface area contributed by atoms with Crippen molar-refractivity contribution in [1.29, 1.82) is 0 Å². The number of carbonyl (C=O) groups excluding carboxylic acids is 1. The Balaban J connectivity index is 1.63. The molecule has 4 rings (SSSR count). The molecule has 0 radical (unpaired) electrons. The van der Waals surface area contributed by atoms with Crippen LogP contribution < -0.4 is 5.56 Å². The Morgan fingerprint density at radius 1 is 1.29 bits per heavy atom. The first-order valence-corrected chi connectivity index (χ1v) is 9.86. The van der Waals surface area contributed by atoms with Crippen molar-refractivity contribution in [1.82, 2.24) is 9.55 Å². The summed E-state index contributed by atoms with van der Waals surface area (Å²) < 4.78 is 1.68. The molecule has 0 amide bonds. The highest BCUT2D eigenvalue weighted by molar-refractivity contribution is 7.99. The summed E-state index contributed by atoms with van der Waals surface area (Å²) in [4.78, 5) is 40.6. The maximum absolute atomic E-state index is 12.9. The molecule has 7 nitrogen and oxygen atoms in total. The molecule has 0 spiro atoms. The maximum atomic E-state index is 12.9. The van der Waals surface area contributed by atoms with Crippen LogP contribution in [-0.2, 0) is 0 Å². The first-order valence-electron chi connectivity index (χ1n) is 8.88. The van der Waals surface area contributed by atoms with Crippen LogP contribution in [0.3, 0.4) is 0 Å². The van der Waals surface area contributed by atoms with Crippen molar-refractivity contribution in [2.45, 2.75) is 31.0 Å². The van der Waals surface area contributed by atoms with E-state index in [0.29, 0.717) is 21.6 Å². The van der Waals surface area contributed by atoms with E-state index in [1.807, 2.05) is 12.1 Å². The molecule has 0 bridgehead atoms. The summed E-state index contributed by atoms with van der Waals surface area (Å²) in [5, 5.41) is 12.2. The molecule has 0 N–H and O–H groups in total. The van der Waals surface area contributed by atoms with Crippen molar-refractivity contribution < 1.29 is 9.72 Å². The molecule has 1 aliphatic rings. The van der Waals surface area contributed by atoms with Crippen LogP contribution in [0.1, 0.15) is 34.8 Å². The Labute approximate surface area is 164 Å². The number of para-hydroxylation sites is 1. The Kier molecular flexibility index (Phi) is 4.72. The molecule has 3 aromatic rings. The number of aryl methyl sites for hydroxylation is 1. The average Bonchev–Trinajstić information content (AvgIpc) is 3.51. The SMILES string of the molecule is Cc1ccc(C(=O)CSc2nc3ccccc3c(=O)n2C2CC2)cc1[N+](=O)[O-]. The Morgan fingerprint density at radius 2 is 2.04 bits per heavy atom. The highest BCUT2D eigenvalue weighted by atomic mass is 32.2. The number of carbonyl (C=O) groups is 1. The summed E-state index contributed by atoms with van der Waals surface area (Å²) in [5.74, 6) is -0.185. The first-order chi connectivity index (χ1) is 13.5. The van der Waals surface area contributed by atoms with Gasteiger partial charge in [0, 0.05) is 23.2 Å². The minimum absolute atomic E-state index is 0.0533. The first kappa shape index (κ1) is 18.4. The zero-order valence-corrected chi connectivity index (χ0v) is 15.9. The number of Topliss-reactive ketones (excluding diaryl/α,β-unsaturated/α-hetero) is 1. The number of rotatable bonds is 6. The van der Waals surface area contributed by atoms with Gasteiger partial charge in [0.2, 0.25) is 0 Å². The molecule has 0 aliphatic heterocycles. The monoisotopic (exact) mass is 395 g/mol. The van der Waals surface area contributed by atoms with E-state index in [1.165, 1.54) is 17.8 Å². The Bertz CT molecular complexity index is 1170. The van der Waals surface area contributed by atoms with Crippen LogP contribution in [-0.4, -0.2) is 26.0 Å². The number of benzene rings is 2. The van der Waals surface area contributed by atoms with Crippen LogP contribution in [0.2, 0.25) is 0 Å². The second kappa shape index (κ2) is 7.20. The Morgan fingerprint density at radius 3 is 2.75 bits per heavy atom. The van der Waals surface area contributed by atoms with Gasteiger partial charge in [-0.25, -0.2) is 4.98 Å². The van der Waals surface area contributed by atoms with E-state index in [9.17, 15) is 19.7 Å². The third-order valence-corrected chi connectivity index (χ3v) is 5.70. The topological polar surface area (TPSA) is 95.1 Å². The molecule has 8 heteroatoms. The normalized spacial score (nSPS) is 13.6. The number of hydrogen-bond donors (Lipinski definition) is 0. The molecule has 142 valence electrons. The molecular formula is C20H17N3O4S. The lowest BCUT2D eigenvalue weighted by molar-refractivity contribution is -0.385. The van der Waals surface area contributed by atoms with Gasteiger partial charge in [0.25, 0.3) is 11.2 Å². The number of nitrogens with zero attached hydrogens (tertiary/aromatic N) is 3. The summed E-state index contributed by atoms with van der Waals surface area (Å²) in [6.45, 7) is 1.63. The number of thioether (sulfide) groups is 1. The lowest BCUT2D eigenvalue weighted by Crippen LogP contribution is -2.22. The van der Waals surface area contributed by atoms with Gasteiger partial charge in [0.1, 0.15) is 0 Å². The lowest BCUT2D eigenvalue weighted by Gasteiger charge is -2.12. The molecular weight excluding hydrogens is 378 g/mol. The molecule has 1 aromatic heterocycles. The van der Waals surface area contributed by atoms with Crippen molar-refractivity contribution in [3.63, 3.8) is 0 Å². The third kappa shape index (κ3) is 3.43. The lowest BCUT2D eigenvalue weighted by atomic mass is 10.1. The standard InChI is InChI=1S/C20H17N3O4S/c1-12-6-7-13(10-17(12)23(26)27)18(24)11-28-20-21-16-5-3-2-4-15(16)19(25)22(20)14-8-9-14/h2-7,10,14H,8-9,11H2,1H3. The van der Waals surface area contributed by atoms with Crippen molar-refractivity contribution >= 4 is 34.1 Å². The van der Waals surface area contributed by atoms with E-state index in [1.54, 1.807) is 35.8 Å². The van der Waals surface area contributed by atoms with Gasteiger partial charge >= 0.3 is 0 Å². The minimum Gasteiger partial charge on any atom is -0.293 e. The van der Waals surface area contributed by atoms with Crippen LogP contribution in [0.4, 0.5) is 5.69 Å². The van der Waals surface area contributed by atoms with E-state index in [-0.39, 0.29) is 34.4 Å². The van der Waals surface area contributed by atoms with Gasteiger partial charge in [0.05, 0.1) is 21.6 Å². The number of hydrogen-bond acceptors (Lipinski definition) is 6. The largest absolute Gasteiger partial charge is 0.293 e. The molecule has 0 atom stereocenters. The smallest absolute Gasteiger partial charge is 0.273 e. The van der Waals surface area contributed by atoms with Crippen molar-refractivity contribution in [2.75, 3.05) is 5.75 Å². The van der Waals surface area contributed by atoms with Crippen molar-refractivity contribution in [3.05, 3.63) is 74.1 Å². The molecule has 1 heterocycles. The van der Waals surface area contributed by atoms with E-state index in [4.69, 9.17) is 0 Å². The van der Waals surface area contributed by atoms with Crippen LogP contribution in [0.15, 0.2) is 52.4 Å². The van der Waals surface area contributed by atoms with Crippen LogP contribution in [0.25, 0.3) is 10.9 Å². The van der Waals surface area contributed by atoms with Gasteiger partial charge in [-0.15, -0.1) is 0 Å². The van der Waals surface area contributed by atoms with Crippen molar-refractivity contribution in [3.8, 4) is 0 Å². The maximum Gasteiger partial charge on any atom is 0.273 e. The van der Waals surface area contributed by atoms with Gasteiger partial charge in [0.15, 0.2) is 10.9 Å². The highest BCUT2D eigenvalue weighted by Gasteiger charge is 2.29. The fourth-order valence-corrected chi connectivity index (χ4v) is 4.04. The molecule has 28 heavy (non-hydrogen) atoms. The van der Waals surface area contributed by atoms with E-state index in [2.05, 4.69) is 4.98 Å². The predicted octanol–water partition coefficient (Wildman–Crippen LogP) is 3.92. The molecule has 0 unspecified atom stereocenters. The quantitative estimate of drug-likeness (QED) is 0.206. The highest BCUT2D eigenvalue weighted by Crippen LogP contribution is 2.37. The zero-order valence-electron chi connectivity index (χ0n) is 15.1. The second-order valence-corrected chi connectivity index (χ2v) is 7.73. The minimum atomic E-state index is -0.491. The molecule has 0 saturated heterocycles. The van der Waals surface area contributed by atoms with Crippen LogP contribution in [0, 0.1) is 17.0 Å². The predicted molar refractivity (Wildman–Crippen MR) is 107 cm³/mol. The summed E-state index contributed by atoms with van der Waals surface area (Å²) in [5.41, 5.74) is 1.23. The van der Waals surface area contributed by atoms with E-state index >= 15 is 0 Å². The number of nitro benzene ring substituents is 1. The molecule has 1 saturated carbocycles. The molecule has 2 aromatic carbocycles. The number of nitro groups is 1. The fourth-order valence-electron chi connectivity index (χ4n) is 3.08. The van der Waals surface area contributed by atoms with Gasteiger partial charge < -0.3 is 0 Å². The van der Waals surface area contributed by atoms with E-state index < -0.39 is 4.92 Å². The van der Waals surface area contributed by atoms with Gasteiger partial charge in [-0.2, -0.15) is 0 Å². The van der Waals surface area contributed by atoms with Gasteiger partial charge in [-0.05, 0) is 31.9 Å². The summed E-state index contributed by atoms with van der Waals surface area (Å²) in [6.07, 6.45) is 1.84. The average molecular weight is 395 g/mol. The number of ketones is 1. The zero-order chi connectivity index (χ0) is 19.8. The van der Waals surface area contributed by atoms with E-state index in [0.717, 1.165) is 12.8 Å². The Hall–Kier alpha value is -3.00. The van der Waals surface area contributed by atoms with Crippen LogP contribution in [0.5, 0.6) is 0 Å². The molecule has 1 aliphatic carbocycles. The fraction of sp³-hybridized carbons (Fsp3) is 0.250. The summed E-state index contributed by atoms with van der Waals surface area (Å²) >= 11 is 1.20. The van der Waals surface area contributed by atoms with Crippen LogP contribution >= 0.6 is 11.8 Å². The number of aromatic nitrogens is 2. The van der Waals surface area contributed by atoms with Gasteiger partial charge in [-0.3, -0.25) is 24.3 Å². The number of fused-ring (bicyclic) bond motifs is 1. The van der Waals surface area contributed by atoms with Gasteiger partial charge in [-0.1, -0.05) is 36.0 Å².